The van der Waals surface area contributed by atoms with Crippen molar-refractivity contribution in [2.24, 2.45) is 16.7 Å². The zero-order valence-electron chi connectivity index (χ0n) is 16.3. The number of ketones is 1. The number of methoxy groups -OCH3 is 3. The molecule has 0 aliphatic heterocycles. The van der Waals surface area contributed by atoms with Crippen LogP contribution in [-0.4, -0.2) is 39.1 Å². The lowest BCUT2D eigenvalue weighted by Crippen LogP contribution is -2.57. The number of carbonyl (C=O) groups is 3. The van der Waals surface area contributed by atoms with Gasteiger partial charge in [0.2, 0.25) is 0 Å². The van der Waals surface area contributed by atoms with Crippen LogP contribution in [0.2, 0.25) is 0 Å². The molecular weight excluding hydrogens is 348 g/mol. The van der Waals surface area contributed by atoms with Crippen molar-refractivity contribution in [3.8, 4) is 5.75 Å². The highest BCUT2D eigenvalue weighted by molar-refractivity contribution is 6.17. The number of allylic oxidation sites excluding steroid dienone is 2. The highest BCUT2D eigenvalue weighted by Gasteiger charge is 2.63. The van der Waals surface area contributed by atoms with E-state index < -0.39 is 34.5 Å². The van der Waals surface area contributed by atoms with Gasteiger partial charge in [-0.05, 0) is 54.7 Å². The molecule has 0 N–H and O–H groups in total. The second kappa shape index (κ2) is 6.51. The van der Waals surface area contributed by atoms with E-state index in [-0.39, 0.29) is 0 Å². The minimum Gasteiger partial charge on any atom is -0.497 e. The van der Waals surface area contributed by atoms with Crippen LogP contribution in [0.25, 0.3) is 5.57 Å². The number of aryl methyl sites for hydroxylation is 1. The number of hydrogen-bond acceptors (Lipinski definition) is 6. The highest BCUT2D eigenvalue weighted by atomic mass is 16.5. The fourth-order valence-electron chi connectivity index (χ4n) is 4.65. The third kappa shape index (κ3) is 2.58. The highest BCUT2D eigenvalue weighted by Crippen LogP contribution is 2.58. The molecule has 0 fully saturated rings. The lowest BCUT2D eigenvalue weighted by molar-refractivity contribution is -0.174. The molecule has 3 unspecified atom stereocenters. The van der Waals surface area contributed by atoms with Crippen LogP contribution in [0.4, 0.5) is 0 Å². The first kappa shape index (κ1) is 19.1. The van der Waals surface area contributed by atoms with E-state index in [0.717, 1.165) is 22.4 Å². The molecule has 0 saturated heterocycles. The molecule has 2 aliphatic carbocycles. The van der Waals surface area contributed by atoms with Crippen LogP contribution in [0.3, 0.4) is 0 Å². The summed E-state index contributed by atoms with van der Waals surface area (Å²) in [4.78, 5) is 38.4. The molecule has 0 aromatic heterocycles. The molecule has 2 aliphatic rings. The summed E-state index contributed by atoms with van der Waals surface area (Å²) in [6, 6.07) is 5.68. The largest absolute Gasteiger partial charge is 0.497 e. The molecular formula is C21H24O6. The number of carbonyl (C=O) groups excluding carboxylic acids is 3. The van der Waals surface area contributed by atoms with Crippen molar-refractivity contribution in [1.82, 2.24) is 0 Å². The van der Waals surface area contributed by atoms with Gasteiger partial charge < -0.3 is 14.2 Å². The summed E-state index contributed by atoms with van der Waals surface area (Å²) in [7, 11) is 4.10. The van der Waals surface area contributed by atoms with Crippen LogP contribution in [0, 0.1) is 16.7 Å². The average molecular weight is 372 g/mol. The molecule has 6 nitrogen and oxygen atoms in total. The Balaban J connectivity index is 2.25. The second-order valence-electron chi connectivity index (χ2n) is 7.51. The summed E-state index contributed by atoms with van der Waals surface area (Å²) in [6.45, 7) is 3.39. The Morgan fingerprint density at radius 1 is 1.11 bits per heavy atom. The maximum absolute atomic E-state index is 13.1. The molecule has 3 atom stereocenters. The summed E-state index contributed by atoms with van der Waals surface area (Å²) in [5.74, 6) is -1.98. The maximum Gasteiger partial charge on any atom is 0.320 e. The van der Waals surface area contributed by atoms with Gasteiger partial charge in [0.15, 0.2) is 5.78 Å². The van der Waals surface area contributed by atoms with Crippen molar-refractivity contribution in [2.45, 2.75) is 26.7 Å². The summed E-state index contributed by atoms with van der Waals surface area (Å²) in [5.41, 5.74) is 0.360. The smallest absolute Gasteiger partial charge is 0.320 e. The first-order chi connectivity index (χ1) is 12.7. The van der Waals surface area contributed by atoms with E-state index >= 15 is 0 Å². The zero-order chi connectivity index (χ0) is 20.0. The van der Waals surface area contributed by atoms with Crippen LogP contribution in [-0.2, 0) is 30.3 Å². The van der Waals surface area contributed by atoms with Gasteiger partial charge in [0.1, 0.15) is 11.2 Å². The molecule has 0 spiro atoms. The van der Waals surface area contributed by atoms with Crippen LogP contribution in [0.15, 0.2) is 24.3 Å². The molecule has 1 aromatic rings. The number of rotatable bonds is 3. The summed E-state index contributed by atoms with van der Waals surface area (Å²) < 4.78 is 15.2. The van der Waals surface area contributed by atoms with Crippen molar-refractivity contribution in [3.05, 3.63) is 35.4 Å². The van der Waals surface area contributed by atoms with Crippen LogP contribution >= 0.6 is 0 Å². The zero-order valence-corrected chi connectivity index (χ0v) is 16.3. The molecule has 0 heterocycles. The van der Waals surface area contributed by atoms with E-state index in [4.69, 9.17) is 14.2 Å². The Hall–Kier alpha value is -2.63. The Kier molecular flexibility index (Phi) is 4.62. The van der Waals surface area contributed by atoms with Gasteiger partial charge in [0, 0.05) is 5.41 Å². The van der Waals surface area contributed by atoms with Crippen molar-refractivity contribution in [2.75, 3.05) is 21.3 Å². The third-order valence-corrected chi connectivity index (χ3v) is 6.18. The van der Waals surface area contributed by atoms with Gasteiger partial charge in [-0.15, -0.1) is 0 Å². The summed E-state index contributed by atoms with van der Waals surface area (Å²) >= 11 is 0. The number of esters is 2. The number of ether oxygens (including phenoxy) is 3. The van der Waals surface area contributed by atoms with Crippen LogP contribution in [0.5, 0.6) is 5.75 Å². The molecule has 6 heteroatoms. The Morgan fingerprint density at radius 2 is 1.81 bits per heavy atom. The Morgan fingerprint density at radius 3 is 2.41 bits per heavy atom. The maximum atomic E-state index is 13.1. The van der Waals surface area contributed by atoms with Gasteiger partial charge in [-0.3, -0.25) is 14.4 Å². The Labute approximate surface area is 158 Å². The third-order valence-electron chi connectivity index (χ3n) is 6.18. The van der Waals surface area contributed by atoms with E-state index in [1.54, 1.807) is 7.11 Å². The normalized spacial score (nSPS) is 29.1. The number of fused-ring (bicyclic) bond motifs is 3. The van der Waals surface area contributed by atoms with Gasteiger partial charge in [-0.2, -0.15) is 0 Å². The van der Waals surface area contributed by atoms with Crippen molar-refractivity contribution >= 4 is 23.3 Å². The predicted octanol–water partition coefficient (Wildman–Crippen LogP) is 2.58. The topological polar surface area (TPSA) is 78.9 Å². The minimum atomic E-state index is -1.62. The van der Waals surface area contributed by atoms with E-state index in [9.17, 15) is 14.4 Å². The Bertz CT molecular complexity index is 854. The number of hydrogen-bond donors (Lipinski definition) is 0. The van der Waals surface area contributed by atoms with Gasteiger partial charge in [-0.1, -0.05) is 13.0 Å². The lowest BCUT2D eigenvalue weighted by Gasteiger charge is -2.50. The summed E-state index contributed by atoms with van der Waals surface area (Å²) in [6.07, 6.45) is 2.79. The fourth-order valence-corrected chi connectivity index (χ4v) is 4.65. The minimum absolute atomic E-state index is 0.444. The molecule has 144 valence electrons. The molecule has 0 bridgehead atoms. The van der Waals surface area contributed by atoms with Crippen molar-refractivity contribution in [1.29, 1.82) is 0 Å². The van der Waals surface area contributed by atoms with Gasteiger partial charge >= 0.3 is 11.9 Å². The van der Waals surface area contributed by atoms with Gasteiger partial charge in [0.05, 0.1) is 27.2 Å². The van der Waals surface area contributed by atoms with Crippen LogP contribution in [0.1, 0.15) is 31.4 Å². The molecule has 1 aromatic carbocycles. The van der Waals surface area contributed by atoms with Crippen molar-refractivity contribution in [3.63, 3.8) is 0 Å². The van der Waals surface area contributed by atoms with E-state index in [0.29, 0.717) is 12.8 Å². The summed E-state index contributed by atoms with van der Waals surface area (Å²) in [5, 5.41) is 0. The fraction of sp³-hybridized carbons (Fsp3) is 0.476. The average Bonchev–Trinajstić information content (AvgIpc) is 2.67. The monoisotopic (exact) mass is 372 g/mol. The van der Waals surface area contributed by atoms with E-state index in [2.05, 4.69) is 0 Å². The van der Waals surface area contributed by atoms with E-state index in [1.807, 2.05) is 25.1 Å². The first-order valence-corrected chi connectivity index (χ1v) is 8.84. The first-order valence-electron chi connectivity index (χ1n) is 8.84. The molecule has 0 amide bonds. The van der Waals surface area contributed by atoms with Crippen LogP contribution < -0.4 is 4.74 Å². The molecule has 0 radical (unpaired) electrons. The standard InChI is InChI=1S/C21H24O6/c1-20-9-8-12-10-13(25-3)6-7-14(12)15(20)11-16(22)21(2,19(24)27-5)17(20)18(23)26-4/h6-7,10-11,17H,8-9H2,1-5H3. The number of benzene rings is 1. The lowest BCUT2D eigenvalue weighted by atomic mass is 9.51. The second-order valence-corrected chi connectivity index (χ2v) is 7.51. The molecule has 27 heavy (non-hydrogen) atoms. The van der Waals surface area contributed by atoms with Crippen molar-refractivity contribution < 1.29 is 28.6 Å². The van der Waals surface area contributed by atoms with E-state index in [1.165, 1.54) is 27.2 Å². The molecule has 0 saturated carbocycles. The quantitative estimate of drug-likeness (QED) is 0.599. The molecule has 3 rings (SSSR count). The SMILES string of the molecule is COC(=O)C1C2(C)CCc3cc(OC)ccc3C2=CC(=O)C1(C)C(=O)OC. The predicted molar refractivity (Wildman–Crippen MR) is 98.0 cm³/mol. The van der Waals surface area contributed by atoms with Gasteiger partial charge in [0.25, 0.3) is 0 Å². The van der Waals surface area contributed by atoms with Gasteiger partial charge in [-0.25, -0.2) is 0 Å².